The smallest absolute Gasteiger partial charge is 0.349 e. The molecule has 2 aromatic carbocycles. The molecule has 0 saturated carbocycles. The average molecular weight is 417 g/mol. The van der Waals surface area contributed by atoms with Crippen LogP contribution in [0.25, 0.3) is 0 Å². The highest BCUT2D eigenvalue weighted by Gasteiger charge is 2.38. The van der Waals surface area contributed by atoms with E-state index in [0.717, 1.165) is 22.6 Å². The summed E-state index contributed by atoms with van der Waals surface area (Å²) in [6.45, 7) is 4.97. The molecule has 8 heteroatoms. The van der Waals surface area contributed by atoms with Crippen molar-refractivity contribution in [1.82, 2.24) is 9.80 Å². The van der Waals surface area contributed by atoms with Crippen LogP contribution >= 0.6 is 0 Å². The summed E-state index contributed by atoms with van der Waals surface area (Å²) in [7, 11) is 3.23. The molecule has 158 valence electrons. The highest BCUT2D eigenvalue weighted by molar-refractivity contribution is 6.49. The van der Waals surface area contributed by atoms with E-state index in [-0.39, 0.29) is 12.4 Å². The number of amidine groups is 1. The van der Waals surface area contributed by atoms with Crippen molar-refractivity contribution in [3.63, 3.8) is 0 Å². The van der Waals surface area contributed by atoms with Gasteiger partial charge in [-0.15, -0.1) is 0 Å². The van der Waals surface area contributed by atoms with Crippen LogP contribution < -0.4 is 9.47 Å². The number of ether oxygens (including phenoxy) is 2. The Morgan fingerprint density at radius 1 is 0.968 bits per heavy atom. The Balaban J connectivity index is 1.42. The molecule has 0 radical (unpaired) electrons. The van der Waals surface area contributed by atoms with Crippen molar-refractivity contribution in [1.29, 1.82) is 5.41 Å². The van der Waals surface area contributed by atoms with Gasteiger partial charge in [-0.25, -0.2) is 4.79 Å². The quantitative estimate of drug-likeness (QED) is 0.747. The number of urea groups is 1. The molecular formula is C23H23N5O3. The van der Waals surface area contributed by atoms with Crippen LogP contribution in [-0.4, -0.2) is 54.0 Å². The van der Waals surface area contributed by atoms with Crippen molar-refractivity contribution in [3.05, 3.63) is 71.9 Å². The van der Waals surface area contributed by atoms with Crippen molar-refractivity contribution in [2.75, 3.05) is 14.2 Å². The molecule has 2 aromatic rings. The third-order valence-corrected chi connectivity index (χ3v) is 5.27. The second-order valence-corrected chi connectivity index (χ2v) is 7.20. The Labute approximate surface area is 180 Å². The molecular weight excluding hydrogens is 394 g/mol. The minimum Gasteiger partial charge on any atom is -0.497 e. The molecule has 0 saturated heterocycles. The van der Waals surface area contributed by atoms with Gasteiger partial charge in [0.2, 0.25) is 0 Å². The standard InChI is InChI=1S/C23H23N5O3/c1-15-20(25-14-27(15)12-16-4-8-18(30-2)9-5-16)21-22(24)28(23(29)26-21)13-17-6-10-19(31-3)11-7-17/h4-11,14,20,24H,1,12-13H2,2-3H3. The van der Waals surface area contributed by atoms with Crippen molar-refractivity contribution < 1.29 is 14.3 Å². The predicted octanol–water partition coefficient (Wildman–Crippen LogP) is 3.48. The molecule has 1 unspecified atom stereocenters. The molecule has 2 aliphatic heterocycles. The van der Waals surface area contributed by atoms with Gasteiger partial charge in [0.25, 0.3) is 0 Å². The third kappa shape index (κ3) is 4.05. The van der Waals surface area contributed by atoms with E-state index < -0.39 is 12.1 Å². The summed E-state index contributed by atoms with van der Waals surface area (Å²) in [5.74, 6) is 1.58. The number of nitrogens with zero attached hydrogens (tertiary/aromatic N) is 4. The van der Waals surface area contributed by atoms with Crippen molar-refractivity contribution in [2.45, 2.75) is 19.1 Å². The van der Waals surface area contributed by atoms with Crippen molar-refractivity contribution in [2.24, 2.45) is 9.98 Å². The summed E-state index contributed by atoms with van der Waals surface area (Å²) < 4.78 is 10.4. The highest BCUT2D eigenvalue weighted by atomic mass is 16.5. The fourth-order valence-corrected chi connectivity index (χ4v) is 3.46. The van der Waals surface area contributed by atoms with Crippen LogP contribution in [0.4, 0.5) is 4.79 Å². The van der Waals surface area contributed by atoms with E-state index in [4.69, 9.17) is 14.9 Å². The second kappa shape index (κ2) is 8.43. The van der Waals surface area contributed by atoms with E-state index in [2.05, 4.69) is 16.6 Å². The number of hydrogen-bond acceptors (Lipinski definition) is 6. The first kappa shape index (κ1) is 20.3. The number of benzene rings is 2. The summed E-state index contributed by atoms with van der Waals surface area (Å²) in [5.41, 5.74) is 2.94. The molecule has 0 fully saturated rings. The maximum absolute atomic E-state index is 12.5. The molecule has 4 rings (SSSR count). The number of aliphatic imine (C=N–C) groups is 2. The molecule has 0 aromatic heterocycles. The largest absolute Gasteiger partial charge is 0.497 e. The van der Waals surface area contributed by atoms with Gasteiger partial charge in [0.1, 0.15) is 23.3 Å². The SMILES string of the molecule is C=C1C(C2=NC(=O)N(Cc3ccc(OC)cc3)C2=N)N=CN1Cc1ccc(OC)cc1. The van der Waals surface area contributed by atoms with Crippen LogP contribution in [0.3, 0.4) is 0 Å². The van der Waals surface area contributed by atoms with Gasteiger partial charge in [0.15, 0.2) is 5.84 Å². The highest BCUT2D eigenvalue weighted by Crippen LogP contribution is 2.25. The number of nitrogens with one attached hydrogen (secondary N) is 1. The topological polar surface area (TPSA) is 90.6 Å². The van der Waals surface area contributed by atoms with Crippen LogP contribution in [0.5, 0.6) is 11.5 Å². The van der Waals surface area contributed by atoms with E-state index in [1.807, 2.05) is 53.4 Å². The van der Waals surface area contributed by atoms with Crippen molar-refractivity contribution in [3.8, 4) is 11.5 Å². The van der Waals surface area contributed by atoms with Crippen LogP contribution in [0.1, 0.15) is 11.1 Å². The molecule has 0 aliphatic carbocycles. The van der Waals surface area contributed by atoms with Gasteiger partial charge in [0, 0.05) is 12.2 Å². The van der Waals surface area contributed by atoms with Crippen LogP contribution in [0, 0.1) is 5.41 Å². The first-order valence-electron chi connectivity index (χ1n) is 9.73. The zero-order valence-electron chi connectivity index (χ0n) is 17.4. The number of methoxy groups -OCH3 is 2. The Bertz CT molecular complexity index is 1070. The average Bonchev–Trinajstić information content (AvgIpc) is 3.28. The fourth-order valence-electron chi connectivity index (χ4n) is 3.46. The van der Waals surface area contributed by atoms with Gasteiger partial charge in [0.05, 0.1) is 27.1 Å². The van der Waals surface area contributed by atoms with E-state index in [0.29, 0.717) is 18.0 Å². The van der Waals surface area contributed by atoms with Gasteiger partial charge in [-0.2, -0.15) is 4.99 Å². The van der Waals surface area contributed by atoms with Gasteiger partial charge >= 0.3 is 6.03 Å². The fraction of sp³-hybridized carbons (Fsp3) is 0.217. The van der Waals surface area contributed by atoms with Gasteiger partial charge < -0.3 is 14.4 Å². The van der Waals surface area contributed by atoms with E-state index >= 15 is 0 Å². The van der Waals surface area contributed by atoms with Gasteiger partial charge in [-0.3, -0.25) is 15.3 Å². The third-order valence-electron chi connectivity index (χ3n) is 5.27. The van der Waals surface area contributed by atoms with Gasteiger partial charge in [-0.1, -0.05) is 30.8 Å². The van der Waals surface area contributed by atoms with Crippen LogP contribution in [0.15, 0.2) is 70.8 Å². The summed E-state index contributed by atoms with van der Waals surface area (Å²) in [5, 5.41) is 8.51. The Kier molecular flexibility index (Phi) is 5.53. The first-order chi connectivity index (χ1) is 15.0. The normalized spacial score (nSPS) is 18.1. The lowest BCUT2D eigenvalue weighted by Crippen LogP contribution is -2.36. The van der Waals surface area contributed by atoms with E-state index in [9.17, 15) is 4.79 Å². The zero-order chi connectivity index (χ0) is 22.0. The van der Waals surface area contributed by atoms with Crippen LogP contribution in [0.2, 0.25) is 0 Å². The molecule has 8 nitrogen and oxygen atoms in total. The van der Waals surface area contributed by atoms with Crippen LogP contribution in [-0.2, 0) is 13.1 Å². The number of rotatable bonds is 7. The van der Waals surface area contributed by atoms with E-state index in [1.54, 1.807) is 20.6 Å². The predicted molar refractivity (Wildman–Crippen MR) is 119 cm³/mol. The summed E-state index contributed by atoms with van der Waals surface area (Å²) in [6.07, 6.45) is 1.68. The Morgan fingerprint density at radius 2 is 1.52 bits per heavy atom. The lowest BCUT2D eigenvalue weighted by Gasteiger charge is -2.20. The van der Waals surface area contributed by atoms with Crippen molar-refractivity contribution >= 4 is 23.9 Å². The lowest BCUT2D eigenvalue weighted by atomic mass is 10.1. The molecule has 2 aliphatic rings. The Morgan fingerprint density at radius 3 is 2.06 bits per heavy atom. The number of carbonyl (C=O) groups excluding carboxylic acids is 1. The molecule has 2 heterocycles. The maximum atomic E-state index is 12.5. The lowest BCUT2D eigenvalue weighted by molar-refractivity contribution is 0.231. The monoisotopic (exact) mass is 417 g/mol. The molecule has 0 spiro atoms. The number of carbonyl (C=O) groups is 1. The number of amides is 2. The van der Waals surface area contributed by atoms with E-state index in [1.165, 1.54) is 4.90 Å². The minimum absolute atomic E-state index is 0.0513. The molecule has 0 bridgehead atoms. The first-order valence-corrected chi connectivity index (χ1v) is 9.73. The van der Waals surface area contributed by atoms with Gasteiger partial charge in [-0.05, 0) is 35.4 Å². The maximum Gasteiger partial charge on any atom is 0.349 e. The summed E-state index contributed by atoms with van der Waals surface area (Å²) in [4.78, 5) is 24.3. The zero-order valence-corrected chi connectivity index (χ0v) is 17.4. The molecule has 2 amide bonds. The second-order valence-electron chi connectivity index (χ2n) is 7.20. The molecule has 31 heavy (non-hydrogen) atoms. The molecule has 1 atom stereocenters. The number of hydrogen-bond donors (Lipinski definition) is 1. The summed E-state index contributed by atoms with van der Waals surface area (Å²) in [6, 6.07) is 14.1. The molecule has 1 N–H and O–H groups in total. The minimum atomic E-state index is -0.546. The Hall–Kier alpha value is -3.94. The summed E-state index contributed by atoms with van der Waals surface area (Å²) >= 11 is 0.